The number of nitrogens with two attached hydrogens (primary N) is 1. The zero-order valence-corrected chi connectivity index (χ0v) is 6.68. The van der Waals surface area contributed by atoms with Gasteiger partial charge in [0, 0.05) is 19.0 Å². The van der Waals surface area contributed by atoms with E-state index in [1.54, 1.807) is 6.07 Å². The number of para-hydroxylation sites is 1. The minimum atomic E-state index is -0.306. The fourth-order valence-electron chi connectivity index (χ4n) is 1.42. The lowest BCUT2D eigenvalue weighted by molar-refractivity contribution is 0.448. The van der Waals surface area contributed by atoms with Crippen LogP contribution in [0.15, 0.2) is 18.2 Å². The highest BCUT2D eigenvalue weighted by molar-refractivity contribution is 5.50. The number of anilines is 1. The molecule has 1 saturated heterocycles. The maximum absolute atomic E-state index is 13.0. The Bertz CT molecular complexity index is 295. The fourth-order valence-corrected chi connectivity index (χ4v) is 1.42. The molecule has 1 aromatic carbocycles. The van der Waals surface area contributed by atoms with Gasteiger partial charge >= 0.3 is 0 Å². The first kappa shape index (κ1) is 7.55. The molecule has 3 N–H and O–H groups in total. The minimum Gasteiger partial charge on any atom is -0.396 e. The Morgan fingerprint density at radius 2 is 2.17 bits per heavy atom. The lowest BCUT2D eigenvalue weighted by Crippen LogP contribution is -2.40. The molecular formula is C9H11FN2. The lowest BCUT2D eigenvalue weighted by atomic mass is 9.92. The average Bonchev–Trinajstić information content (AvgIpc) is 1.95. The molecule has 2 rings (SSSR count). The van der Waals surface area contributed by atoms with Gasteiger partial charge in [-0.2, -0.15) is 0 Å². The number of benzene rings is 1. The normalized spacial score (nSPS) is 17.4. The van der Waals surface area contributed by atoms with Gasteiger partial charge in [0.2, 0.25) is 0 Å². The van der Waals surface area contributed by atoms with Gasteiger partial charge in [-0.1, -0.05) is 12.1 Å². The van der Waals surface area contributed by atoms with E-state index in [2.05, 4.69) is 5.32 Å². The van der Waals surface area contributed by atoms with Crippen LogP contribution in [0.5, 0.6) is 0 Å². The maximum atomic E-state index is 13.0. The summed E-state index contributed by atoms with van der Waals surface area (Å²) in [6.07, 6.45) is 0. The second-order valence-electron chi connectivity index (χ2n) is 3.10. The topological polar surface area (TPSA) is 38.0 Å². The summed E-state index contributed by atoms with van der Waals surface area (Å²) in [5, 5.41) is 3.13. The van der Waals surface area contributed by atoms with Gasteiger partial charge in [-0.05, 0) is 11.6 Å². The predicted molar refractivity (Wildman–Crippen MR) is 46.4 cm³/mol. The summed E-state index contributed by atoms with van der Waals surface area (Å²) in [5.41, 5.74) is 6.84. The average molecular weight is 166 g/mol. The lowest BCUT2D eigenvalue weighted by Gasteiger charge is -2.28. The summed E-state index contributed by atoms with van der Waals surface area (Å²) < 4.78 is 13.0. The van der Waals surface area contributed by atoms with Crippen molar-refractivity contribution < 1.29 is 4.39 Å². The Morgan fingerprint density at radius 3 is 2.75 bits per heavy atom. The Morgan fingerprint density at radius 1 is 1.42 bits per heavy atom. The third kappa shape index (κ3) is 1.06. The van der Waals surface area contributed by atoms with Crippen LogP contribution < -0.4 is 11.1 Å². The van der Waals surface area contributed by atoms with Gasteiger partial charge in [0.1, 0.15) is 5.82 Å². The van der Waals surface area contributed by atoms with Crippen LogP contribution in [0.25, 0.3) is 0 Å². The second kappa shape index (κ2) is 2.75. The Balaban J connectivity index is 2.36. The molecule has 1 heterocycles. The van der Waals surface area contributed by atoms with Gasteiger partial charge < -0.3 is 11.1 Å². The van der Waals surface area contributed by atoms with Crippen LogP contribution in [0.3, 0.4) is 0 Å². The molecule has 0 amide bonds. The SMILES string of the molecule is Nc1c(F)cccc1C1CNC1. The summed E-state index contributed by atoms with van der Waals surface area (Å²) in [7, 11) is 0. The van der Waals surface area contributed by atoms with E-state index in [1.807, 2.05) is 6.07 Å². The van der Waals surface area contributed by atoms with Crippen LogP contribution >= 0.6 is 0 Å². The van der Waals surface area contributed by atoms with Crippen LogP contribution in [-0.4, -0.2) is 13.1 Å². The summed E-state index contributed by atoms with van der Waals surface area (Å²) >= 11 is 0. The van der Waals surface area contributed by atoms with Crippen molar-refractivity contribution in [2.45, 2.75) is 5.92 Å². The van der Waals surface area contributed by atoms with Crippen molar-refractivity contribution in [2.24, 2.45) is 0 Å². The van der Waals surface area contributed by atoms with E-state index in [9.17, 15) is 4.39 Å². The van der Waals surface area contributed by atoms with Gasteiger partial charge in [-0.15, -0.1) is 0 Å². The zero-order chi connectivity index (χ0) is 8.55. The monoisotopic (exact) mass is 166 g/mol. The smallest absolute Gasteiger partial charge is 0.146 e. The van der Waals surface area contributed by atoms with E-state index < -0.39 is 0 Å². The molecule has 1 fully saturated rings. The molecule has 1 aliphatic rings. The first-order valence-corrected chi connectivity index (χ1v) is 4.03. The van der Waals surface area contributed by atoms with Crippen LogP contribution in [0.1, 0.15) is 11.5 Å². The molecule has 0 unspecified atom stereocenters. The summed E-state index contributed by atoms with van der Waals surface area (Å²) in [6.45, 7) is 1.82. The van der Waals surface area contributed by atoms with Crippen LogP contribution in [0.2, 0.25) is 0 Å². The largest absolute Gasteiger partial charge is 0.396 e. The second-order valence-corrected chi connectivity index (χ2v) is 3.10. The number of hydrogen-bond acceptors (Lipinski definition) is 2. The molecule has 0 saturated carbocycles. The maximum Gasteiger partial charge on any atom is 0.146 e. The fraction of sp³-hybridized carbons (Fsp3) is 0.333. The molecule has 0 bridgehead atoms. The van der Waals surface area contributed by atoms with Crippen LogP contribution in [0.4, 0.5) is 10.1 Å². The van der Waals surface area contributed by atoms with Gasteiger partial charge in [0.25, 0.3) is 0 Å². The standard InChI is InChI=1S/C9H11FN2/c10-8-3-1-2-7(9(8)11)6-4-12-5-6/h1-3,6,12H,4-5,11H2. The van der Waals surface area contributed by atoms with Gasteiger partial charge in [-0.25, -0.2) is 4.39 Å². The molecule has 0 aromatic heterocycles. The third-order valence-electron chi connectivity index (χ3n) is 2.31. The summed E-state index contributed by atoms with van der Waals surface area (Å²) in [5.74, 6) is 0.0973. The van der Waals surface area contributed by atoms with E-state index in [4.69, 9.17) is 5.73 Å². The molecule has 3 heteroatoms. The van der Waals surface area contributed by atoms with Crippen molar-refractivity contribution in [1.82, 2.24) is 5.32 Å². The van der Waals surface area contributed by atoms with Gasteiger partial charge in [-0.3, -0.25) is 0 Å². The van der Waals surface area contributed by atoms with Crippen molar-refractivity contribution in [3.05, 3.63) is 29.6 Å². The van der Waals surface area contributed by atoms with Crippen molar-refractivity contribution in [1.29, 1.82) is 0 Å². The highest BCUT2D eigenvalue weighted by Gasteiger charge is 2.21. The molecule has 0 atom stereocenters. The van der Waals surface area contributed by atoms with E-state index in [0.717, 1.165) is 18.7 Å². The van der Waals surface area contributed by atoms with Crippen molar-refractivity contribution in [3.63, 3.8) is 0 Å². The molecule has 1 aromatic rings. The van der Waals surface area contributed by atoms with Crippen molar-refractivity contribution >= 4 is 5.69 Å². The number of hydrogen-bond donors (Lipinski definition) is 2. The molecular weight excluding hydrogens is 155 g/mol. The van der Waals surface area contributed by atoms with E-state index in [1.165, 1.54) is 6.07 Å². The Labute approximate surface area is 70.6 Å². The summed E-state index contributed by atoms with van der Waals surface area (Å²) in [6, 6.07) is 4.99. The molecule has 0 spiro atoms. The number of nitrogens with one attached hydrogen (secondary N) is 1. The third-order valence-corrected chi connectivity index (χ3v) is 2.31. The predicted octanol–water partition coefficient (Wildman–Crippen LogP) is 1.09. The molecule has 0 aliphatic carbocycles. The number of halogens is 1. The van der Waals surface area contributed by atoms with Crippen LogP contribution in [0, 0.1) is 5.82 Å². The molecule has 2 nitrogen and oxygen atoms in total. The zero-order valence-electron chi connectivity index (χ0n) is 6.68. The van der Waals surface area contributed by atoms with Gasteiger partial charge in [0.15, 0.2) is 0 Å². The number of rotatable bonds is 1. The quantitative estimate of drug-likeness (QED) is 0.613. The first-order valence-electron chi connectivity index (χ1n) is 4.03. The van der Waals surface area contributed by atoms with Crippen LogP contribution in [-0.2, 0) is 0 Å². The molecule has 0 radical (unpaired) electrons. The van der Waals surface area contributed by atoms with E-state index in [-0.39, 0.29) is 5.82 Å². The summed E-state index contributed by atoms with van der Waals surface area (Å²) in [4.78, 5) is 0. The Kier molecular flexibility index (Phi) is 1.73. The van der Waals surface area contributed by atoms with Crippen molar-refractivity contribution in [3.8, 4) is 0 Å². The van der Waals surface area contributed by atoms with Gasteiger partial charge in [0.05, 0.1) is 5.69 Å². The van der Waals surface area contributed by atoms with E-state index in [0.29, 0.717) is 11.6 Å². The first-order chi connectivity index (χ1) is 5.79. The van der Waals surface area contributed by atoms with Crippen molar-refractivity contribution in [2.75, 3.05) is 18.8 Å². The molecule has 64 valence electrons. The number of nitrogen functional groups attached to an aromatic ring is 1. The minimum absolute atomic E-state index is 0.306. The molecule has 1 aliphatic heterocycles. The van der Waals surface area contributed by atoms with E-state index >= 15 is 0 Å². The highest BCUT2D eigenvalue weighted by atomic mass is 19.1. The highest BCUT2D eigenvalue weighted by Crippen LogP contribution is 2.26. The Hall–Kier alpha value is -1.09. The molecule has 12 heavy (non-hydrogen) atoms.